The second kappa shape index (κ2) is 9.36. The fourth-order valence-electron chi connectivity index (χ4n) is 2.98. The van der Waals surface area contributed by atoms with Crippen molar-refractivity contribution in [2.75, 3.05) is 7.11 Å². The molecule has 2 heterocycles. The molecule has 2 aromatic heterocycles. The highest BCUT2D eigenvalue weighted by molar-refractivity contribution is 7.13. The Morgan fingerprint density at radius 2 is 1.87 bits per heavy atom. The largest absolute Gasteiger partial charge is 0.497 e. The van der Waals surface area contributed by atoms with Gasteiger partial charge in [0.25, 0.3) is 5.56 Å². The van der Waals surface area contributed by atoms with Crippen LogP contribution in [0.25, 0.3) is 21.8 Å². The van der Waals surface area contributed by atoms with Crippen LogP contribution >= 0.6 is 11.3 Å². The first kappa shape index (κ1) is 20.5. The number of nitrogens with zero attached hydrogens (tertiary/aromatic N) is 3. The molecule has 0 atom stereocenters. The lowest BCUT2D eigenvalue weighted by atomic mass is 10.1. The molecule has 1 N–H and O–H groups in total. The zero-order chi connectivity index (χ0) is 21.6. The minimum atomic E-state index is -0.346. The van der Waals surface area contributed by atoms with Crippen molar-refractivity contribution in [2.45, 2.75) is 13.1 Å². The van der Waals surface area contributed by atoms with Gasteiger partial charge in [0.1, 0.15) is 17.3 Å². The number of thiazole rings is 1. The Hall–Kier alpha value is -3.78. The normalized spacial score (nSPS) is 10.6. The van der Waals surface area contributed by atoms with Gasteiger partial charge in [-0.25, -0.2) is 9.67 Å². The summed E-state index contributed by atoms with van der Waals surface area (Å²) in [6.45, 7) is 0.110. The molecule has 0 aliphatic carbocycles. The van der Waals surface area contributed by atoms with Crippen LogP contribution in [0.3, 0.4) is 0 Å². The zero-order valence-electron chi connectivity index (χ0n) is 16.8. The number of nitrogens with one attached hydrogen (secondary N) is 1. The summed E-state index contributed by atoms with van der Waals surface area (Å²) in [6.07, 6.45) is 0. The first-order chi connectivity index (χ1) is 15.1. The number of carbonyl (C=O) groups is 1. The molecule has 156 valence electrons. The minimum Gasteiger partial charge on any atom is -0.497 e. The van der Waals surface area contributed by atoms with Gasteiger partial charge in [-0.15, -0.1) is 11.3 Å². The number of amides is 1. The average Bonchev–Trinajstić information content (AvgIpc) is 3.29. The van der Waals surface area contributed by atoms with E-state index in [4.69, 9.17) is 4.74 Å². The highest BCUT2D eigenvalue weighted by atomic mass is 32.1. The molecule has 2 aromatic carbocycles. The SMILES string of the molecule is COc1cccc(-c2ccc(=O)n(CC(=O)NCc3csc(-c4ccccc4)n3)n2)c1. The number of ether oxygens (including phenoxy) is 1. The number of aromatic nitrogens is 3. The molecule has 0 fully saturated rings. The Balaban J connectivity index is 1.42. The van der Waals surface area contributed by atoms with Crippen molar-refractivity contribution >= 4 is 17.2 Å². The van der Waals surface area contributed by atoms with Crippen molar-refractivity contribution in [3.63, 3.8) is 0 Å². The van der Waals surface area contributed by atoms with E-state index in [1.807, 2.05) is 60.0 Å². The maximum atomic E-state index is 12.4. The van der Waals surface area contributed by atoms with Crippen LogP contribution in [0.15, 0.2) is 76.9 Å². The van der Waals surface area contributed by atoms with Crippen LogP contribution in [-0.4, -0.2) is 27.8 Å². The van der Waals surface area contributed by atoms with E-state index in [1.165, 1.54) is 17.4 Å². The fourth-order valence-corrected chi connectivity index (χ4v) is 3.81. The Labute approximate surface area is 183 Å². The minimum absolute atomic E-state index is 0.174. The number of benzene rings is 2. The van der Waals surface area contributed by atoms with Crippen molar-refractivity contribution in [1.29, 1.82) is 0 Å². The lowest BCUT2D eigenvalue weighted by molar-refractivity contribution is -0.122. The Bertz CT molecular complexity index is 1250. The Kier molecular flexibility index (Phi) is 6.18. The van der Waals surface area contributed by atoms with Crippen LogP contribution in [0, 0.1) is 0 Å². The third-order valence-electron chi connectivity index (χ3n) is 4.56. The van der Waals surface area contributed by atoms with Gasteiger partial charge in [0.05, 0.1) is 25.0 Å². The molecule has 0 unspecified atom stereocenters. The van der Waals surface area contributed by atoms with E-state index < -0.39 is 0 Å². The second-order valence-corrected chi connectivity index (χ2v) is 7.59. The maximum Gasteiger partial charge on any atom is 0.267 e. The molecule has 7 nitrogen and oxygen atoms in total. The zero-order valence-corrected chi connectivity index (χ0v) is 17.6. The van der Waals surface area contributed by atoms with Gasteiger partial charge in [-0.3, -0.25) is 9.59 Å². The van der Waals surface area contributed by atoms with E-state index in [2.05, 4.69) is 15.4 Å². The first-order valence-corrected chi connectivity index (χ1v) is 10.5. The Morgan fingerprint density at radius 3 is 2.68 bits per heavy atom. The molecule has 0 spiro atoms. The van der Waals surface area contributed by atoms with E-state index >= 15 is 0 Å². The molecule has 8 heteroatoms. The van der Waals surface area contributed by atoms with Crippen LogP contribution in [0.5, 0.6) is 5.75 Å². The monoisotopic (exact) mass is 432 g/mol. The van der Waals surface area contributed by atoms with Gasteiger partial charge in [-0.05, 0) is 18.2 Å². The third-order valence-corrected chi connectivity index (χ3v) is 5.50. The Morgan fingerprint density at radius 1 is 1.06 bits per heavy atom. The van der Waals surface area contributed by atoms with Gasteiger partial charge < -0.3 is 10.1 Å². The van der Waals surface area contributed by atoms with Crippen LogP contribution in [-0.2, 0) is 17.9 Å². The molecule has 31 heavy (non-hydrogen) atoms. The second-order valence-electron chi connectivity index (χ2n) is 6.73. The molecular weight excluding hydrogens is 412 g/mol. The van der Waals surface area contributed by atoms with Gasteiger partial charge in [-0.2, -0.15) is 5.10 Å². The van der Waals surface area contributed by atoms with E-state index in [0.717, 1.165) is 26.5 Å². The van der Waals surface area contributed by atoms with Crippen LogP contribution in [0.4, 0.5) is 0 Å². The summed E-state index contributed by atoms with van der Waals surface area (Å²) in [7, 11) is 1.59. The molecule has 0 aliphatic heterocycles. The van der Waals surface area contributed by atoms with E-state index in [9.17, 15) is 9.59 Å². The summed E-state index contributed by atoms with van der Waals surface area (Å²) in [6, 6.07) is 20.3. The molecule has 4 rings (SSSR count). The number of carbonyl (C=O) groups excluding carboxylic acids is 1. The standard InChI is InChI=1S/C23H20N4O3S/c1-30-19-9-5-8-17(12-19)20-10-11-22(29)27(26-20)14-21(28)24-13-18-15-31-23(25-18)16-6-3-2-4-7-16/h2-12,15H,13-14H2,1H3,(H,24,28). The highest BCUT2D eigenvalue weighted by Crippen LogP contribution is 2.23. The third kappa shape index (κ3) is 5.04. The predicted molar refractivity (Wildman–Crippen MR) is 120 cm³/mol. The number of hydrogen-bond acceptors (Lipinski definition) is 6. The molecule has 0 saturated heterocycles. The number of methoxy groups -OCH3 is 1. The van der Waals surface area contributed by atoms with Crippen LogP contribution < -0.4 is 15.6 Å². The average molecular weight is 433 g/mol. The van der Waals surface area contributed by atoms with Gasteiger partial charge in [0.15, 0.2) is 0 Å². The lowest BCUT2D eigenvalue weighted by Crippen LogP contribution is -2.33. The van der Waals surface area contributed by atoms with Gasteiger partial charge in [0, 0.05) is 22.6 Å². The molecule has 0 radical (unpaired) electrons. The number of hydrogen-bond donors (Lipinski definition) is 1. The molecule has 0 aliphatic rings. The molecular formula is C23H20N4O3S. The van der Waals surface area contributed by atoms with Gasteiger partial charge >= 0.3 is 0 Å². The summed E-state index contributed by atoms with van der Waals surface area (Å²) < 4.78 is 6.39. The van der Waals surface area contributed by atoms with Crippen molar-refractivity contribution in [2.24, 2.45) is 0 Å². The van der Waals surface area contributed by atoms with Crippen molar-refractivity contribution in [1.82, 2.24) is 20.1 Å². The van der Waals surface area contributed by atoms with Crippen molar-refractivity contribution in [3.05, 3.63) is 88.2 Å². The quantitative estimate of drug-likeness (QED) is 0.484. The van der Waals surface area contributed by atoms with Crippen LogP contribution in [0.1, 0.15) is 5.69 Å². The summed E-state index contributed by atoms with van der Waals surface area (Å²) >= 11 is 1.52. The predicted octanol–water partition coefficient (Wildman–Crippen LogP) is 3.36. The van der Waals surface area contributed by atoms with E-state index in [1.54, 1.807) is 13.2 Å². The fraction of sp³-hybridized carbons (Fsp3) is 0.130. The summed E-state index contributed by atoms with van der Waals surface area (Å²) in [5.41, 5.74) is 2.84. The molecule has 1 amide bonds. The number of rotatable bonds is 7. The molecule has 0 saturated carbocycles. The topological polar surface area (TPSA) is 86.1 Å². The maximum absolute atomic E-state index is 12.4. The lowest BCUT2D eigenvalue weighted by Gasteiger charge is -2.08. The van der Waals surface area contributed by atoms with Crippen LogP contribution in [0.2, 0.25) is 0 Å². The molecule has 0 bridgehead atoms. The van der Waals surface area contributed by atoms with Crippen molar-refractivity contribution < 1.29 is 9.53 Å². The van der Waals surface area contributed by atoms with E-state index in [-0.39, 0.29) is 24.6 Å². The smallest absolute Gasteiger partial charge is 0.267 e. The van der Waals surface area contributed by atoms with Gasteiger partial charge in [0.2, 0.25) is 5.91 Å². The summed E-state index contributed by atoms with van der Waals surface area (Å²) in [5, 5.41) is 9.94. The van der Waals surface area contributed by atoms with Gasteiger partial charge in [-0.1, -0.05) is 42.5 Å². The molecule has 4 aromatic rings. The summed E-state index contributed by atoms with van der Waals surface area (Å²) in [5.74, 6) is 0.375. The highest BCUT2D eigenvalue weighted by Gasteiger charge is 2.10. The summed E-state index contributed by atoms with van der Waals surface area (Å²) in [4.78, 5) is 29.1. The van der Waals surface area contributed by atoms with Crippen molar-refractivity contribution in [3.8, 4) is 27.6 Å². The first-order valence-electron chi connectivity index (χ1n) is 9.61. The van der Waals surface area contributed by atoms with E-state index in [0.29, 0.717) is 11.4 Å².